The van der Waals surface area contributed by atoms with Crippen molar-refractivity contribution in [2.45, 2.75) is 467 Å². The molecule has 2 heterocycles. The molecule has 612 valence electrons. The molecule has 0 aromatic heterocycles. The lowest BCUT2D eigenvalue weighted by molar-refractivity contribution is -0.298. The summed E-state index contributed by atoms with van der Waals surface area (Å²) in [6, 6.07) is -3.41. The maximum absolute atomic E-state index is 14.8. The number of phosphoric acid groups is 1. The summed E-state index contributed by atoms with van der Waals surface area (Å²) in [6.07, 6.45) is 26.5. The molecule has 0 bridgehead atoms. The third-order valence-corrected chi connectivity index (χ3v) is 20.9. The van der Waals surface area contributed by atoms with E-state index in [0.717, 1.165) is 161 Å². The van der Waals surface area contributed by atoms with Crippen LogP contribution in [0.5, 0.6) is 0 Å². The summed E-state index contributed by atoms with van der Waals surface area (Å²) in [5.74, 6) is -4.07. The summed E-state index contributed by atoms with van der Waals surface area (Å²) in [6.45, 7) is 9.03. The molecule has 2 amide bonds. The maximum atomic E-state index is 14.8. The van der Waals surface area contributed by atoms with Crippen molar-refractivity contribution in [2.75, 3.05) is 13.2 Å². The van der Waals surface area contributed by atoms with Crippen molar-refractivity contribution in [2.24, 2.45) is 0 Å². The Balaban J connectivity index is 2.58. The quantitative estimate of drug-likeness (QED) is 0.0117. The normalized spacial score (nSPS) is 21.8. The predicted molar refractivity (Wildman–Crippen MR) is 405 cm³/mol. The van der Waals surface area contributed by atoms with Gasteiger partial charge in [-0.25, -0.2) is 4.57 Å². The molecule has 23 nitrogen and oxygen atoms in total. The Labute approximate surface area is 627 Å². The fraction of sp³-hybridized carbons (Fsp3) is 0.938. The molecule has 0 aromatic rings. The lowest BCUT2D eigenvalue weighted by Crippen LogP contribution is -2.68. The molecule has 2 rings (SSSR count). The zero-order chi connectivity index (χ0) is 76.4. The highest BCUT2D eigenvalue weighted by molar-refractivity contribution is 7.46. The van der Waals surface area contributed by atoms with Crippen molar-refractivity contribution < 1.29 is 102 Å². The Kier molecular flexibility index (Phi) is 58.7. The van der Waals surface area contributed by atoms with Gasteiger partial charge in [0, 0.05) is 6.42 Å². The summed E-state index contributed by atoms with van der Waals surface area (Å²) in [7, 11) is -5.55. The Morgan fingerprint density at radius 3 is 1.14 bits per heavy atom. The van der Waals surface area contributed by atoms with E-state index >= 15 is 0 Å². The van der Waals surface area contributed by atoms with E-state index in [-0.39, 0.29) is 19.3 Å². The molecule has 2 aliphatic rings. The number of amides is 2. The van der Waals surface area contributed by atoms with Crippen LogP contribution in [0.3, 0.4) is 0 Å². The molecule has 0 aromatic carbocycles. The first kappa shape index (κ1) is 97.2. The standard InChI is InChI=1S/C80H151N2O21P/c1-6-11-16-21-26-31-36-41-46-51-62(84)56-68(87)81-73-77(101-71(90)57-63(85)52-47-42-37-32-27-22-17-12-7-2)75(92)67(99-79(73)93)61-97-80-74(78(76(66(60-83)100-80)103-104(94,95)96)102-72(91)58-64(86)53-48-43-38-33-28-23-18-13-8-3)82-69(88)59-65(54-49-44-39-34-29-24-19-14-9-4)98-70(89)55-50-45-40-35-30-25-20-15-10-5/h62-67,73-80,83-86,92-93H,6-61H2,1-5H3,(H,81,87)(H,82,88)(H2,94,95,96)/t62-,63-,64-,65-,66?,67?,73?,74+,75-,76-,77-,78?,79?,80-/m1/s1. The van der Waals surface area contributed by atoms with E-state index in [1.165, 1.54) is 96.3 Å². The van der Waals surface area contributed by atoms with Crippen LogP contribution in [0.2, 0.25) is 0 Å². The lowest BCUT2D eigenvalue weighted by atomic mass is 9.95. The molecule has 104 heavy (non-hydrogen) atoms. The number of carbonyl (C=O) groups excluding carboxylic acids is 5. The minimum Gasteiger partial charge on any atom is -0.462 e. The molecule has 2 fully saturated rings. The minimum absolute atomic E-state index is 0.131. The number of ether oxygens (including phenoxy) is 6. The van der Waals surface area contributed by atoms with Crippen LogP contribution in [-0.4, -0.2) is 169 Å². The van der Waals surface area contributed by atoms with Gasteiger partial charge in [0.2, 0.25) is 11.8 Å². The highest BCUT2D eigenvalue weighted by Gasteiger charge is 2.54. The number of unbranched alkanes of at least 4 members (excludes halogenated alkanes) is 40. The predicted octanol–water partition coefficient (Wildman–Crippen LogP) is 15.2. The van der Waals surface area contributed by atoms with Gasteiger partial charge < -0.3 is 79.5 Å². The third-order valence-electron chi connectivity index (χ3n) is 20.4. The molecule has 2 aliphatic heterocycles. The molecule has 0 aliphatic carbocycles. The molecule has 0 saturated carbocycles. The average molecular weight is 1510 g/mol. The van der Waals surface area contributed by atoms with E-state index in [2.05, 4.69) is 45.3 Å². The van der Waals surface area contributed by atoms with Gasteiger partial charge in [-0.2, -0.15) is 0 Å². The van der Waals surface area contributed by atoms with E-state index in [1.807, 2.05) is 0 Å². The van der Waals surface area contributed by atoms with E-state index in [4.69, 9.17) is 32.9 Å². The molecule has 2 saturated heterocycles. The Hall–Kier alpha value is -2.90. The largest absolute Gasteiger partial charge is 0.470 e. The van der Waals surface area contributed by atoms with E-state index < -0.39 is 162 Å². The van der Waals surface area contributed by atoms with Crippen LogP contribution in [0.4, 0.5) is 0 Å². The number of aliphatic hydroxyl groups is 6. The molecule has 0 radical (unpaired) electrons. The summed E-state index contributed by atoms with van der Waals surface area (Å²) < 4.78 is 54.4. The molecular formula is C80H151N2O21P. The fourth-order valence-corrected chi connectivity index (χ4v) is 14.7. The van der Waals surface area contributed by atoms with E-state index in [9.17, 15) is 69.0 Å². The second-order valence-corrected chi connectivity index (χ2v) is 31.4. The van der Waals surface area contributed by atoms with Crippen LogP contribution in [0, 0.1) is 0 Å². The van der Waals surface area contributed by atoms with Gasteiger partial charge in [-0.05, 0) is 38.5 Å². The number of aliphatic hydroxyl groups excluding tert-OH is 6. The first-order valence-corrected chi connectivity index (χ1v) is 43.6. The smallest absolute Gasteiger partial charge is 0.462 e. The van der Waals surface area contributed by atoms with Gasteiger partial charge in [0.05, 0.1) is 57.2 Å². The van der Waals surface area contributed by atoms with Crippen LogP contribution in [0.15, 0.2) is 0 Å². The second kappa shape index (κ2) is 62.8. The number of hydrogen-bond acceptors (Lipinski definition) is 19. The molecule has 5 unspecified atom stereocenters. The van der Waals surface area contributed by atoms with Crippen molar-refractivity contribution in [1.29, 1.82) is 0 Å². The fourth-order valence-electron chi connectivity index (χ4n) is 14.1. The summed E-state index contributed by atoms with van der Waals surface area (Å²) in [5, 5.41) is 73.5. The van der Waals surface area contributed by atoms with Crippen LogP contribution in [0.25, 0.3) is 0 Å². The average Bonchev–Trinajstić information content (AvgIpc) is 0.781. The lowest BCUT2D eigenvalue weighted by Gasteiger charge is -2.46. The first-order chi connectivity index (χ1) is 50.2. The number of phosphoric ester groups is 1. The van der Waals surface area contributed by atoms with Gasteiger partial charge in [-0.1, -0.05) is 311 Å². The number of nitrogens with one attached hydrogen (secondary N) is 2. The van der Waals surface area contributed by atoms with Crippen LogP contribution >= 0.6 is 7.82 Å². The van der Waals surface area contributed by atoms with Crippen molar-refractivity contribution in [3.63, 3.8) is 0 Å². The number of carbonyl (C=O) groups is 5. The Morgan fingerprint density at radius 1 is 0.404 bits per heavy atom. The van der Waals surface area contributed by atoms with Gasteiger partial charge >= 0.3 is 25.7 Å². The van der Waals surface area contributed by atoms with Gasteiger partial charge in [0.1, 0.15) is 42.6 Å². The van der Waals surface area contributed by atoms with Gasteiger partial charge in [-0.3, -0.25) is 28.5 Å². The highest BCUT2D eigenvalue weighted by atomic mass is 31.2. The van der Waals surface area contributed by atoms with E-state index in [0.29, 0.717) is 44.9 Å². The summed E-state index contributed by atoms with van der Waals surface area (Å²) >= 11 is 0. The number of hydrogen-bond donors (Lipinski definition) is 10. The first-order valence-electron chi connectivity index (χ1n) is 42.0. The van der Waals surface area contributed by atoms with Crippen molar-refractivity contribution in [3.8, 4) is 0 Å². The Morgan fingerprint density at radius 2 is 0.750 bits per heavy atom. The Bertz CT molecular complexity index is 2180. The molecular weight excluding hydrogens is 1360 g/mol. The van der Waals surface area contributed by atoms with Crippen LogP contribution in [-0.2, 0) is 61.5 Å². The van der Waals surface area contributed by atoms with Gasteiger partial charge in [-0.15, -0.1) is 0 Å². The topological polar surface area (TPSA) is 353 Å². The molecule has 14 atom stereocenters. The number of esters is 3. The molecule has 10 N–H and O–H groups in total. The van der Waals surface area contributed by atoms with Crippen molar-refractivity contribution >= 4 is 37.5 Å². The van der Waals surface area contributed by atoms with Crippen LogP contribution < -0.4 is 10.6 Å². The van der Waals surface area contributed by atoms with Gasteiger partial charge in [0.15, 0.2) is 24.8 Å². The van der Waals surface area contributed by atoms with Gasteiger partial charge in [0.25, 0.3) is 0 Å². The summed E-state index contributed by atoms with van der Waals surface area (Å²) in [4.78, 5) is 90.8. The SMILES string of the molecule is CCCCCCCCCCCC(=O)O[C@H](CCCCCCCCCCC)CC(=O)N[C@H]1C(OC(=O)C[C@H](O)CCCCCCCCCCC)[C@H](OP(=O)(O)O)C(CO)O[C@H]1OCC1OC(O)C(NC(=O)C[C@H](O)CCCCCCCCCCC)[C@@H](OC(=O)C[C@H](O)CCCCCCCCCCC)[C@@H]1O. The van der Waals surface area contributed by atoms with Crippen molar-refractivity contribution in [1.82, 2.24) is 10.6 Å². The zero-order valence-corrected chi connectivity index (χ0v) is 66.4. The molecule has 24 heteroatoms. The second-order valence-electron chi connectivity index (χ2n) is 30.2. The third kappa shape index (κ3) is 48.6. The van der Waals surface area contributed by atoms with Crippen LogP contribution in [0.1, 0.15) is 381 Å². The number of rotatable bonds is 69. The highest BCUT2D eigenvalue weighted by Crippen LogP contribution is 2.43. The maximum Gasteiger partial charge on any atom is 0.470 e. The van der Waals surface area contributed by atoms with E-state index in [1.54, 1.807) is 0 Å². The summed E-state index contributed by atoms with van der Waals surface area (Å²) in [5.41, 5.74) is 0. The zero-order valence-electron chi connectivity index (χ0n) is 65.5. The minimum atomic E-state index is -5.55. The van der Waals surface area contributed by atoms with Crippen molar-refractivity contribution in [3.05, 3.63) is 0 Å². The molecule has 0 spiro atoms. The monoisotopic (exact) mass is 1510 g/mol.